The number of nitrogens with two attached hydrogens (primary N) is 2. The molecule has 2 rings (SSSR count). The molecule has 4 heteroatoms. The summed E-state index contributed by atoms with van der Waals surface area (Å²) in [6.07, 6.45) is 0. The molecule has 82 valence electrons. The first-order valence-electron chi connectivity index (χ1n) is 4.92. The standard InChI is InChI=1S/C12H13N3O/c1-8-4-2-3-5-10(8)16-11-7-6-9(13)12(14)15-11/h2-7H,13H2,1H3,(H2,14,15). The highest BCUT2D eigenvalue weighted by atomic mass is 16.5. The van der Waals surface area contributed by atoms with Gasteiger partial charge in [-0.25, -0.2) is 0 Å². The van der Waals surface area contributed by atoms with Gasteiger partial charge in [0.1, 0.15) is 5.75 Å². The van der Waals surface area contributed by atoms with Crippen LogP contribution in [-0.2, 0) is 0 Å². The fraction of sp³-hybridized carbons (Fsp3) is 0.0833. The van der Waals surface area contributed by atoms with Gasteiger partial charge in [0.2, 0.25) is 5.88 Å². The van der Waals surface area contributed by atoms with Crippen LogP contribution in [0.4, 0.5) is 11.5 Å². The molecule has 1 aromatic heterocycles. The van der Waals surface area contributed by atoms with E-state index >= 15 is 0 Å². The van der Waals surface area contributed by atoms with E-state index in [2.05, 4.69) is 4.98 Å². The van der Waals surface area contributed by atoms with Crippen molar-refractivity contribution in [1.82, 2.24) is 4.98 Å². The molecule has 0 saturated carbocycles. The first kappa shape index (κ1) is 10.3. The van der Waals surface area contributed by atoms with Crippen molar-refractivity contribution in [3.63, 3.8) is 0 Å². The highest BCUT2D eigenvalue weighted by molar-refractivity contribution is 5.58. The maximum atomic E-state index is 5.60. The van der Waals surface area contributed by atoms with Gasteiger partial charge in [0.05, 0.1) is 5.69 Å². The largest absolute Gasteiger partial charge is 0.439 e. The molecule has 1 heterocycles. The fourth-order valence-electron chi connectivity index (χ4n) is 1.31. The average molecular weight is 215 g/mol. The van der Waals surface area contributed by atoms with Gasteiger partial charge in [0.15, 0.2) is 5.82 Å². The van der Waals surface area contributed by atoms with Crippen LogP contribution in [0, 0.1) is 6.92 Å². The number of rotatable bonds is 2. The van der Waals surface area contributed by atoms with E-state index < -0.39 is 0 Å². The number of benzene rings is 1. The normalized spacial score (nSPS) is 10.1. The van der Waals surface area contributed by atoms with Gasteiger partial charge < -0.3 is 16.2 Å². The van der Waals surface area contributed by atoms with Crippen LogP contribution >= 0.6 is 0 Å². The van der Waals surface area contributed by atoms with Crippen molar-refractivity contribution in [2.24, 2.45) is 0 Å². The third kappa shape index (κ3) is 2.06. The number of hydrogen-bond acceptors (Lipinski definition) is 4. The highest BCUT2D eigenvalue weighted by Crippen LogP contribution is 2.25. The van der Waals surface area contributed by atoms with Crippen LogP contribution in [0.2, 0.25) is 0 Å². The summed E-state index contributed by atoms with van der Waals surface area (Å²) < 4.78 is 5.60. The number of ether oxygens (including phenoxy) is 1. The van der Waals surface area contributed by atoms with Crippen molar-refractivity contribution in [2.45, 2.75) is 6.92 Å². The molecule has 16 heavy (non-hydrogen) atoms. The van der Waals surface area contributed by atoms with E-state index in [-0.39, 0.29) is 5.82 Å². The Hall–Kier alpha value is -2.23. The summed E-state index contributed by atoms with van der Waals surface area (Å²) in [5.74, 6) is 1.49. The van der Waals surface area contributed by atoms with E-state index in [4.69, 9.17) is 16.2 Å². The highest BCUT2D eigenvalue weighted by Gasteiger charge is 2.03. The molecule has 0 bridgehead atoms. The molecule has 0 atom stereocenters. The molecular formula is C12H13N3O. The predicted molar refractivity (Wildman–Crippen MR) is 64.3 cm³/mol. The van der Waals surface area contributed by atoms with Crippen molar-refractivity contribution in [3.05, 3.63) is 42.0 Å². The van der Waals surface area contributed by atoms with Crippen molar-refractivity contribution in [1.29, 1.82) is 0 Å². The third-order valence-corrected chi connectivity index (χ3v) is 2.24. The minimum atomic E-state index is 0.283. The fourth-order valence-corrected chi connectivity index (χ4v) is 1.31. The van der Waals surface area contributed by atoms with Gasteiger partial charge in [0, 0.05) is 6.07 Å². The molecule has 0 amide bonds. The number of aryl methyl sites for hydroxylation is 1. The first-order chi connectivity index (χ1) is 7.66. The van der Waals surface area contributed by atoms with Crippen LogP contribution in [0.3, 0.4) is 0 Å². The van der Waals surface area contributed by atoms with Crippen LogP contribution in [-0.4, -0.2) is 4.98 Å². The molecule has 4 N–H and O–H groups in total. The van der Waals surface area contributed by atoms with Crippen LogP contribution < -0.4 is 16.2 Å². The Morgan fingerprint density at radius 2 is 1.81 bits per heavy atom. The summed E-state index contributed by atoms with van der Waals surface area (Å²) in [7, 11) is 0. The quantitative estimate of drug-likeness (QED) is 0.806. The summed E-state index contributed by atoms with van der Waals surface area (Å²) >= 11 is 0. The number of nitrogens with zero attached hydrogens (tertiary/aromatic N) is 1. The Bertz CT molecular complexity index is 511. The van der Waals surface area contributed by atoms with Gasteiger partial charge >= 0.3 is 0 Å². The second-order valence-corrected chi connectivity index (χ2v) is 3.49. The Morgan fingerprint density at radius 1 is 1.06 bits per heavy atom. The molecule has 0 aliphatic heterocycles. The zero-order chi connectivity index (χ0) is 11.5. The molecule has 0 saturated heterocycles. The van der Waals surface area contributed by atoms with E-state index in [0.29, 0.717) is 11.6 Å². The lowest BCUT2D eigenvalue weighted by Crippen LogP contribution is -1.99. The second-order valence-electron chi connectivity index (χ2n) is 3.49. The lowest BCUT2D eigenvalue weighted by Gasteiger charge is -2.08. The van der Waals surface area contributed by atoms with Crippen LogP contribution in [0.25, 0.3) is 0 Å². The summed E-state index contributed by atoms with van der Waals surface area (Å²) in [6, 6.07) is 11.1. The Morgan fingerprint density at radius 3 is 2.50 bits per heavy atom. The van der Waals surface area contributed by atoms with Crippen molar-refractivity contribution < 1.29 is 4.74 Å². The molecule has 1 aromatic carbocycles. The van der Waals surface area contributed by atoms with E-state index in [1.807, 2.05) is 31.2 Å². The molecule has 4 nitrogen and oxygen atoms in total. The van der Waals surface area contributed by atoms with Crippen molar-refractivity contribution in [2.75, 3.05) is 11.5 Å². The molecule has 0 spiro atoms. The van der Waals surface area contributed by atoms with Gasteiger partial charge in [-0.2, -0.15) is 4.98 Å². The predicted octanol–water partition coefficient (Wildman–Crippen LogP) is 2.35. The maximum Gasteiger partial charge on any atom is 0.221 e. The summed E-state index contributed by atoms with van der Waals surface area (Å²) in [5.41, 5.74) is 12.7. The van der Waals surface area contributed by atoms with Crippen LogP contribution in [0.1, 0.15) is 5.56 Å². The van der Waals surface area contributed by atoms with Gasteiger partial charge in [-0.3, -0.25) is 0 Å². The monoisotopic (exact) mass is 215 g/mol. The zero-order valence-electron chi connectivity index (χ0n) is 8.97. The SMILES string of the molecule is Cc1ccccc1Oc1ccc(N)c(N)n1. The Labute approximate surface area is 93.9 Å². The molecule has 2 aromatic rings. The second kappa shape index (κ2) is 4.10. The summed E-state index contributed by atoms with van der Waals surface area (Å²) in [5, 5.41) is 0. The maximum absolute atomic E-state index is 5.60. The van der Waals surface area contributed by atoms with E-state index in [0.717, 1.165) is 11.3 Å². The number of aromatic nitrogens is 1. The Balaban J connectivity index is 2.28. The van der Waals surface area contributed by atoms with Crippen molar-refractivity contribution in [3.8, 4) is 11.6 Å². The first-order valence-corrected chi connectivity index (χ1v) is 4.92. The molecule has 0 fully saturated rings. The van der Waals surface area contributed by atoms with Gasteiger partial charge in [-0.15, -0.1) is 0 Å². The van der Waals surface area contributed by atoms with Gasteiger partial charge in [-0.1, -0.05) is 18.2 Å². The number of para-hydroxylation sites is 1. The van der Waals surface area contributed by atoms with E-state index in [1.165, 1.54) is 0 Å². The smallest absolute Gasteiger partial charge is 0.221 e. The topological polar surface area (TPSA) is 74.2 Å². The number of anilines is 2. The minimum Gasteiger partial charge on any atom is -0.439 e. The van der Waals surface area contributed by atoms with Gasteiger partial charge in [0.25, 0.3) is 0 Å². The zero-order valence-corrected chi connectivity index (χ0v) is 8.97. The third-order valence-electron chi connectivity index (χ3n) is 2.24. The minimum absolute atomic E-state index is 0.283. The lowest BCUT2D eigenvalue weighted by molar-refractivity contribution is 0.460. The van der Waals surface area contributed by atoms with Gasteiger partial charge in [-0.05, 0) is 24.6 Å². The van der Waals surface area contributed by atoms with Crippen molar-refractivity contribution >= 4 is 11.5 Å². The number of nitrogen functional groups attached to an aromatic ring is 2. The van der Waals surface area contributed by atoms with E-state index in [9.17, 15) is 0 Å². The van der Waals surface area contributed by atoms with Crippen LogP contribution in [0.15, 0.2) is 36.4 Å². The van der Waals surface area contributed by atoms with E-state index in [1.54, 1.807) is 12.1 Å². The average Bonchev–Trinajstić information content (AvgIpc) is 2.27. The molecule has 0 aliphatic rings. The summed E-state index contributed by atoms with van der Waals surface area (Å²) in [6.45, 7) is 1.97. The lowest BCUT2D eigenvalue weighted by atomic mass is 10.2. The number of pyridine rings is 1. The molecule has 0 unspecified atom stereocenters. The molecular weight excluding hydrogens is 202 g/mol. The molecule has 0 radical (unpaired) electrons. The van der Waals surface area contributed by atoms with Crippen LogP contribution in [0.5, 0.6) is 11.6 Å². The number of hydrogen-bond donors (Lipinski definition) is 2. The summed E-state index contributed by atoms with van der Waals surface area (Å²) in [4.78, 5) is 4.04. The Kier molecular flexibility index (Phi) is 2.64. The molecule has 0 aliphatic carbocycles.